The predicted octanol–water partition coefficient (Wildman–Crippen LogP) is 5.68. The molecule has 0 radical (unpaired) electrons. The fourth-order valence-electron chi connectivity index (χ4n) is 5.27. The van der Waals surface area contributed by atoms with E-state index in [1.807, 2.05) is 59.6 Å². The number of Topliss-reactive ketones (excluding diaryl/α,β-unsaturated/α-hetero) is 1. The Morgan fingerprint density at radius 3 is 2.28 bits per heavy atom. The van der Waals surface area contributed by atoms with Gasteiger partial charge in [0, 0.05) is 47.9 Å². The van der Waals surface area contributed by atoms with E-state index in [1.165, 1.54) is 5.56 Å². The summed E-state index contributed by atoms with van der Waals surface area (Å²) in [4.78, 5) is 31.2. The maximum absolute atomic E-state index is 13.4. The molecule has 2 heterocycles. The Labute approximate surface area is 212 Å². The minimum absolute atomic E-state index is 0.0454. The van der Waals surface area contributed by atoms with Crippen LogP contribution in [0.3, 0.4) is 0 Å². The molecule has 1 saturated heterocycles. The summed E-state index contributed by atoms with van der Waals surface area (Å²) in [5, 5.41) is 4.32. The van der Waals surface area contributed by atoms with Crippen LogP contribution in [0, 0.1) is 5.92 Å². The molecule has 0 bridgehead atoms. The Morgan fingerprint density at radius 2 is 1.61 bits per heavy atom. The van der Waals surface area contributed by atoms with E-state index >= 15 is 0 Å². The molecule has 1 aromatic heterocycles. The first-order valence-corrected chi connectivity index (χ1v) is 12.8. The number of hydrogen-bond donors (Lipinski definition) is 2. The number of carbonyl (C=O) groups is 2. The van der Waals surface area contributed by atoms with E-state index in [9.17, 15) is 9.59 Å². The second-order valence-electron chi connectivity index (χ2n) is 9.84. The van der Waals surface area contributed by atoms with E-state index in [2.05, 4.69) is 40.6 Å². The molecule has 1 aliphatic rings. The van der Waals surface area contributed by atoms with Crippen LogP contribution in [0.2, 0.25) is 0 Å². The predicted molar refractivity (Wildman–Crippen MR) is 144 cm³/mol. The van der Waals surface area contributed by atoms with E-state index in [1.54, 1.807) is 6.92 Å². The number of H-pyrrole nitrogens is 1. The lowest BCUT2D eigenvalue weighted by Crippen LogP contribution is -2.38. The van der Waals surface area contributed by atoms with Crippen LogP contribution in [0.15, 0.2) is 85.1 Å². The molecule has 36 heavy (non-hydrogen) atoms. The van der Waals surface area contributed by atoms with Gasteiger partial charge < -0.3 is 9.88 Å². The van der Waals surface area contributed by atoms with Crippen molar-refractivity contribution in [3.8, 4) is 0 Å². The molecule has 184 valence electrons. The van der Waals surface area contributed by atoms with Crippen LogP contribution in [0.5, 0.6) is 0 Å². The lowest BCUT2D eigenvalue weighted by molar-refractivity contribution is -0.119. The number of rotatable bonds is 8. The zero-order valence-corrected chi connectivity index (χ0v) is 20.7. The lowest BCUT2D eigenvalue weighted by Gasteiger charge is -2.32. The number of ketones is 1. The number of nitrogens with zero attached hydrogens (tertiary/aromatic N) is 1. The second kappa shape index (κ2) is 10.9. The van der Waals surface area contributed by atoms with Gasteiger partial charge in [-0.3, -0.25) is 14.9 Å². The molecule has 0 spiro atoms. The average molecular weight is 480 g/mol. The summed E-state index contributed by atoms with van der Waals surface area (Å²) in [5.41, 5.74) is 4.97. The molecular weight excluding hydrogens is 446 g/mol. The van der Waals surface area contributed by atoms with Crippen molar-refractivity contribution in [1.29, 1.82) is 0 Å². The van der Waals surface area contributed by atoms with Crippen molar-refractivity contribution in [2.75, 3.05) is 13.1 Å². The Morgan fingerprint density at radius 1 is 0.944 bits per heavy atom. The highest BCUT2D eigenvalue weighted by atomic mass is 16.2. The third kappa shape index (κ3) is 5.42. The van der Waals surface area contributed by atoms with Gasteiger partial charge in [-0.1, -0.05) is 60.7 Å². The van der Waals surface area contributed by atoms with Gasteiger partial charge in [0.25, 0.3) is 5.91 Å². The average Bonchev–Trinajstić information content (AvgIpc) is 3.33. The highest BCUT2D eigenvalue weighted by molar-refractivity contribution is 6.00. The van der Waals surface area contributed by atoms with Crippen LogP contribution in [-0.4, -0.2) is 34.7 Å². The van der Waals surface area contributed by atoms with Gasteiger partial charge in [0.15, 0.2) is 5.78 Å². The monoisotopic (exact) mass is 479 g/mol. The summed E-state index contributed by atoms with van der Waals surface area (Å²) in [7, 11) is 0. The van der Waals surface area contributed by atoms with E-state index in [0.29, 0.717) is 18.0 Å². The van der Waals surface area contributed by atoms with Crippen LogP contribution in [0.4, 0.5) is 0 Å². The Hall–Kier alpha value is -3.70. The van der Waals surface area contributed by atoms with E-state index in [-0.39, 0.29) is 11.7 Å². The van der Waals surface area contributed by atoms with E-state index in [0.717, 1.165) is 54.4 Å². The number of nitrogens with one attached hydrogen (secondary N) is 2. The largest absolute Gasteiger partial charge is 0.361 e. The number of fused-ring (bicyclic) bond motifs is 1. The van der Waals surface area contributed by atoms with Crippen molar-refractivity contribution in [1.82, 2.24) is 15.2 Å². The molecule has 1 amide bonds. The highest BCUT2D eigenvalue weighted by Gasteiger charge is 2.25. The number of piperidine rings is 1. The summed E-state index contributed by atoms with van der Waals surface area (Å²) in [6.07, 6.45) is 5.00. The van der Waals surface area contributed by atoms with Crippen molar-refractivity contribution in [3.63, 3.8) is 0 Å². The molecule has 5 rings (SSSR count). The number of aromatic nitrogens is 1. The molecule has 2 N–H and O–H groups in total. The first-order chi connectivity index (χ1) is 17.6. The molecule has 1 fully saturated rings. The van der Waals surface area contributed by atoms with Gasteiger partial charge >= 0.3 is 0 Å². The molecule has 3 aromatic carbocycles. The number of likely N-dealkylation sites (tertiary alicyclic amines) is 1. The number of carbonyl (C=O) groups excluding carboxylic acids is 2. The van der Waals surface area contributed by atoms with E-state index in [4.69, 9.17) is 0 Å². The van der Waals surface area contributed by atoms with Crippen molar-refractivity contribution >= 4 is 22.6 Å². The highest BCUT2D eigenvalue weighted by Crippen LogP contribution is 2.28. The van der Waals surface area contributed by atoms with Gasteiger partial charge in [0.05, 0.1) is 6.04 Å². The molecule has 0 aliphatic carbocycles. The van der Waals surface area contributed by atoms with Gasteiger partial charge in [-0.2, -0.15) is 0 Å². The van der Waals surface area contributed by atoms with Crippen LogP contribution in [-0.2, 0) is 17.8 Å². The third-order valence-corrected chi connectivity index (χ3v) is 7.30. The zero-order valence-electron chi connectivity index (χ0n) is 20.7. The van der Waals surface area contributed by atoms with Crippen LogP contribution < -0.4 is 5.32 Å². The van der Waals surface area contributed by atoms with Crippen molar-refractivity contribution in [2.45, 2.75) is 38.8 Å². The summed E-state index contributed by atoms with van der Waals surface area (Å²) < 4.78 is 0. The Balaban J connectivity index is 1.29. The van der Waals surface area contributed by atoms with Crippen molar-refractivity contribution in [2.24, 2.45) is 5.92 Å². The molecule has 0 saturated carbocycles. The lowest BCUT2D eigenvalue weighted by atomic mass is 9.90. The molecule has 5 nitrogen and oxygen atoms in total. The smallest absolute Gasteiger partial charge is 0.253 e. The summed E-state index contributed by atoms with van der Waals surface area (Å²) in [6.45, 7) is 3.76. The molecule has 1 aliphatic heterocycles. The van der Waals surface area contributed by atoms with Crippen molar-refractivity contribution in [3.05, 3.63) is 107 Å². The number of amides is 1. The number of hydrogen-bond acceptors (Lipinski definition) is 3. The molecule has 5 heteroatoms. The first-order valence-electron chi connectivity index (χ1n) is 12.8. The summed E-state index contributed by atoms with van der Waals surface area (Å²) in [5.74, 6) is 0.727. The minimum atomic E-state index is -0.446. The van der Waals surface area contributed by atoms with Gasteiger partial charge in [-0.25, -0.2) is 0 Å². The molecular formula is C31H33N3O2. The minimum Gasteiger partial charge on any atom is -0.361 e. The number of benzene rings is 3. The summed E-state index contributed by atoms with van der Waals surface area (Å²) in [6, 6.07) is 26.0. The van der Waals surface area contributed by atoms with Crippen molar-refractivity contribution < 1.29 is 9.59 Å². The quantitative estimate of drug-likeness (QED) is 0.342. The maximum Gasteiger partial charge on any atom is 0.253 e. The molecule has 4 aromatic rings. The molecule has 1 unspecified atom stereocenters. The fraction of sp³-hybridized carbons (Fsp3) is 0.290. The summed E-state index contributed by atoms with van der Waals surface area (Å²) >= 11 is 0. The standard InChI is InChI=1S/C31H33N3O2/c1-22(35)30(33-20-25-10-6-3-7-11-25)28-21-32-29-13-12-26(19-27(28)29)31(36)34-16-14-24(15-17-34)18-23-8-4-2-5-9-23/h2-13,19,21,24,30,32-33H,14-18,20H2,1H3. The topological polar surface area (TPSA) is 65.2 Å². The first kappa shape index (κ1) is 24.0. The zero-order chi connectivity index (χ0) is 24.9. The van der Waals surface area contributed by atoms with Gasteiger partial charge in [0.1, 0.15) is 0 Å². The number of aromatic amines is 1. The van der Waals surface area contributed by atoms with Gasteiger partial charge in [0.2, 0.25) is 0 Å². The van der Waals surface area contributed by atoms with E-state index < -0.39 is 6.04 Å². The van der Waals surface area contributed by atoms with Gasteiger partial charge in [-0.05, 0) is 61.4 Å². The third-order valence-electron chi connectivity index (χ3n) is 7.30. The van der Waals surface area contributed by atoms with Crippen LogP contribution in [0.25, 0.3) is 10.9 Å². The molecule has 1 atom stereocenters. The normalized spacial score (nSPS) is 15.2. The maximum atomic E-state index is 13.4. The fourth-order valence-corrected chi connectivity index (χ4v) is 5.27. The van der Waals surface area contributed by atoms with Crippen LogP contribution in [0.1, 0.15) is 52.9 Å². The second-order valence-corrected chi connectivity index (χ2v) is 9.84. The van der Waals surface area contributed by atoms with Crippen LogP contribution >= 0.6 is 0 Å². The SMILES string of the molecule is CC(=O)C(NCc1ccccc1)c1c[nH]c2ccc(C(=O)N3CCC(Cc4ccccc4)CC3)cc12. The Kier molecular flexibility index (Phi) is 7.28. The Bertz CT molecular complexity index is 1320. The van der Waals surface area contributed by atoms with Gasteiger partial charge in [-0.15, -0.1) is 0 Å².